The fraction of sp³-hybridized carbons (Fsp3) is 0.130. The molecule has 0 spiro atoms. The number of carbonyl (C=O) groups is 1. The van der Waals surface area contributed by atoms with Gasteiger partial charge >= 0.3 is 0 Å². The number of aryl methyl sites for hydroxylation is 1. The average Bonchev–Trinajstić information content (AvgIpc) is 3.31. The van der Waals surface area contributed by atoms with Gasteiger partial charge in [-0.15, -0.1) is 0 Å². The Labute approximate surface area is 189 Å². The maximum absolute atomic E-state index is 12.7. The molecule has 0 aliphatic carbocycles. The molecule has 2 heterocycles. The van der Waals surface area contributed by atoms with Crippen LogP contribution in [0.4, 0.5) is 5.69 Å². The van der Waals surface area contributed by atoms with Crippen molar-refractivity contribution < 1.29 is 9.21 Å². The predicted octanol–water partition coefficient (Wildman–Crippen LogP) is 7.05. The van der Waals surface area contributed by atoms with Gasteiger partial charge in [0.25, 0.3) is 5.91 Å². The summed E-state index contributed by atoms with van der Waals surface area (Å²) in [5.41, 5.74) is 2.71. The van der Waals surface area contributed by atoms with Crippen LogP contribution in [-0.4, -0.2) is 23.0 Å². The average molecular weight is 457 g/mol. The van der Waals surface area contributed by atoms with Crippen LogP contribution >= 0.6 is 35.0 Å². The summed E-state index contributed by atoms with van der Waals surface area (Å²) in [4.78, 5) is 19.5. The molecule has 1 aliphatic heterocycles. The van der Waals surface area contributed by atoms with Crippen molar-refractivity contribution in [3.63, 3.8) is 0 Å². The normalized spacial score (nSPS) is 16.8. The second kappa shape index (κ2) is 8.72. The van der Waals surface area contributed by atoms with Crippen molar-refractivity contribution in [3.05, 3.63) is 80.9 Å². The molecule has 2 aromatic carbocycles. The molecule has 1 aliphatic rings. The first kappa shape index (κ1) is 20.8. The van der Waals surface area contributed by atoms with Crippen molar-refractivity contribution >= 4 is 57.8 Å². The summed E-state index contributed by atoms with van der Waals surface area (Å²) in [6.07, 6.45) is 2.60. The zero-order valence-corrected chi connectivity index (χ0v) is 18.7. The van der Waals surface area contributed by atoms with Gasteiger partial charge in [-0.2, -0.15) is 0 Å². The van der Waals surface area contributed by atoms with Gasteiger partial charge in [0.15, 0.2) is 5.17 Å². The highest BCUT2D eigenvalue weighted by Gasteiger charge is 2.31. The molecule has 30 heavy (non-hydrogen) atoms. The molecule has 7 heteroatoms. The van der Waals surface area contributed by atoms with Crippen LogP contribution in [0.5, 0.6) is 0 Å². The summed E-state index contributed by atoms with van der Waals surface area (Å²) >= 11 is 13.7. The first-order valence-electron chi connectivity index (χ1n) is 9.36. The summed E-state index contributed by atoms with van der Waals surface area (Å²) < 4.78 is 5.90. The van der Waals surface area contributed by atoms with Gasteiger partial charge in [-0.25, -0.2) is 4.99 Å². The number of amides is 1. The van der Waals surface area contributed by atoms with Gasteiger partial charge in [-0.1, -0.05) is 54.4 Å². The minimum Gasteiger partial charge on any atom is -0.457 e. The van der Waals surface area contributed by atoms with Gasteiger partial charge in [0, 0.05) is 18.7 Å². The minimum atomic E-state index is -0.119. The Bertz CT molecular complexity index is 1180. The molecule has 0 radical (unpaired) electrons. The van der Waals surface area contributed by atoms with Crippen LogP contribution in [0.2, 0.25) is 10.0 Å². The topological polar surface area (TPSA) is 45.8 Å². The fourth-order valence-electron chi connectivity index (χ4n) is 3.07. The number of nitrogens with zero attached hydrogens (tertiary/aromatic N) is 2. The standard InChI is InChI=1S/C23H18Cl2N2O2S/c1-3-14-7-4-5-10-18(14)26-23-27(2)22(28)20(30-23)13-15-11-12-19(29-15)16-8-6-9-17(24)21(16)25/h4-13H,3H2,1-2H3/b20-13+,26-23?. The van der Waals surface area contributed by atoms with Crippen molar-refractivity contribution in [2.75, 3.05) is 7.05 Å². The van der Waals surface area contributed by atoms with E-state index in [1.54, 1.807) is 30.2 Å². The number of halogens is 2. The largest absolute Gasteiger partial charge is 0.457 e. The number of hydrogen-bond acceptors (Lipinski definition) is 4. The van der Waals surface area contributed by atoms with Crippen molar-refractivity contribution in [1.82, 2.24) is 4.90 Å². The van der Waals surface area contributed by atoms with E-state index in [2.05, 4.69) is 6.92 Å². The third kappa shape index (κ3) is 4.06. The van der Waals surface area contributed by atoms with E-state index >= 15 is 0 Å². The Kier molecular flexibility index (Phi) is 6.04. The lowest BCUT2D eigenvalue weighted by Gasteiger charge is -2.08. The SMILES string of the molecule is CCc1ccccc1N=C1S/C(=C/c2ccc(-c3cccc(Cl)c3Cl)o2)C(=O)N1C. The number of carbonyl (C=O) groups excluding carboxylic acids is 1. The van der Waals surface area contributed by atoms with E-state index in [0.29, 0.717) is 37.2 Å². The minimum absolute atomic E-state index is 0.119. The summed E-state index contributed by atoms with van der Waals surface area (Å²) in [6.45, 7) is 2.08. The number of furan rings is 1. The highest BCUT2D eigenvalue weighted by atomic mass is 35.5. The predicted molar refractivity (Wildman–Crippen MR) is 125 cm³/mol. The molecule has 1 aromatic heterocycles. The number of thioether (sulfide) groups is 1. The van der Waals surface area contributed by atoms with E-state index in [1.807, 2.05) is 42.5 Å². The second-order valence-corrected chi connectivity index (χ2v) is 8.45. The van der Waals surface area contributed by atoms with Crippen molar-refractivity contribution in [2.24, 2.45) is 4.99 Å². The molecule has 0 N–H and O–H groups in total. The first-order valence-corrected chi connectivity index (χ1v) is 10.9. The lowest BCUT2D eigenvalue weighted by molar-refractivity contribution is -0.121. The summed E-state index contributed by atoms with van der Waals surface area (Å²) in [5, 5.41) is 1.53. The monoisotopic (exact) mass is 456 g/mol. The highest BCUT2D eigenvalue weighted by molar-refractivity contribution is 8.18. The number of hydrogen-bond donors (Lipinski definition) is 0. The summed E-state index contributed by atoms with van der Waals surface area (Å²) in [7, 11) is 1.73. The highest BCUT2D eigenvalue weighted by Crippen LogP contribution is 2.37. The smallest absolute Gasteiger partial charge is 0.266 e. The van der Waals surface area contributed by atoms with Crippen LogP contribution in [-0.2, 0) is 11.2 Å². The fourth-order valence-corrected chi connectivity index (χ4v) is 4.43. The molecule has 0 unspecified atom stereocenters. The molecule has 0 bridgehead atoms. The number of benzene rings is 2. The van der Waals surface area contributed by atoms with Gasteiger partial charge < -0.3 is 4.42 Å². The Balaban J connectivity index is 1.62. The molecular weight excluding hydrogens is 439 g/mol. The number of aliphatic imine (C=N–C) groups is 1. The van der Waals surface area contributed by atoms with Gasteiger partial charge in [0.2, 0.25) is 0 Å². The van der Waals surface area contributed by atoms with Crippen molar-refractivity contribution in [3.8, 4) is 11.3 Å². The first-order chi connectivity index (χ1) is 14.5. The van der Waals surface area contributed by atoms with Gasteiger partial charge in [-0.05, 0) is 54.1 Å². The Morgan fingerprint density at radius 1 is 1.10 bits per heavy atom. The number of para-hydroxylation sites is 1. The third-order valence-corrected chi connectivity index (χ3v) is 6.59. The van der Waals surface area contributed by atoms with Crippen LogP contribution in [0.15, 0.2) is 68.9 Å². The molecule has 1 fully saturated rings. The maximum atomic E-state index is 12.7. The van der Waals surface area contributed by atoms with E-state index in [0.717, 1.165) is 17.7 Å². The Morgan fingerprint density at radius 2 is 1.90 bits per heavy atom. The van der Waals surface area contributed by atoms with Crippen LogP contribution in [0.1, 0.15) is 18.2 Å². The zero-order valence-electron chi connectivity index (χ0n) is 16.4. The summed E-state index contributed by atoms with van der Waals surface area (Å²) in [6, 6.07) is 16.9. The third-order valence-electron chi connectivity index (χ3n) is 4.71. The maximum Gasteiger partial charge on any atom is 0.266 e. The van der Waals surface area contributed by atoms with Gasteiger partial charge in [0.1, 0.15) is 11.5 Å². The van der Waals surface area contributed by atoms with Crippen LogP contribution < -0.4 is 0 Å². The lowest BCUT2D eigenvalue weighted by Crippen LogP contribution is -2.23. The van der Waals surface area contributed by atoms with Gasteiger partial charge in [-0.3, -0.25) is 9.69 Å². The molecule has 4 nitrogen and oxygen atoms in total. The molecule has 3 aromatic rings. The molecule has 0 atom stereocenters. The molecule has 0 saturated carbocycles. The molecule has 1 amide bonds. The number of rotatable bonds is 4. The Morgan fingerprint density at radius 3 is 2.70 bits per heavy atom. The van der Waals surface area contributed by atoms with Crippen molar-refractivity contribution in [1.29, 1.82) is 0 Å². The van der Waals surface area contributed by atoms with E-state index in [-0.39, 0.29) is 5.91 Å². The van der Waals surface area contributed by atoms with Crippen molar-refractivity contribution in [2.45, 2.75) is 13.3 Å². The van der Waals surface area contributed by atoms with E-state index in [9.17, 15) is 4.79 Å². The summed E-state index contributed by atoms with van der Waals surface area (Å²) in [5.74, 6) is 1.02. The molecule has 1 saturated heterocycles. The Hall–Kier alpha value is -2.47. The van der Waals surface area contributed by atoms with E-state index in [1.165, 1.54) is 11.8 Å². The second-order valence-electron chi connectivity index (χ2n) is 6.65. The molecule has 4 rings (SSSR count). The molecular formula is C23H18Cl2N2O2S. The van der Waals surface area contributed by atoms with E-state index in [4.69, 9.17) is 32.6 Å². The number of likely N-dealkylation sites (N-methyl/N-ethyl adjacent to an activating group) is 1. The van der Waals surface area contributed by atoms with Crippen LogP contribution in [0.3, 0.4) is 0 Å². The number of amidine groups is 1. The zero-order chi connectivity index (χ0) is 21.3. The lowest BCUT2D eigenvalue weighted by atomic mass is 10.1. The van der Waals surface area contributed by atoms with Crippen LogP contribution in [0, 0.1) is 0 Å². The van der Waals surface area contributed by atoms with Crippen LogP contribution in [0.25, 0.3) is 17.4 Å². The quantitative estimate of drug-likeness (QED) is 0.395. The molecule has 152 valence electrons. The van der Waals surface area contributed by atoms with E-state index < -0.39 is 0 Å². The van der Waals surface area contributed by atoms with Gasteiger partial charge in [0.05, 0.1) is 20.6 Å².